The van der Waals surface area contributed by atoms with E-state index in [4.69, 9.17) is 14.2 Å². The molecule has 1 aromatic carbocycles. The number of ether oxygens (including phenoxy) is 3. The summed E-state index contributed by atoms with van der Waals surface area (Å²) in [6, 6.07) is 2.66. The van der Waals surface area contributed by atoms with E-state index in [1.165, 1.54) is 25.3 Å². The van der Waals surface area contributed by atoms with Gasteiger partial charge in [-0.15, -0.1) is 0 Å². The maximum absolute atomic E-state index is 14.1. The highest BCUT2D eigenvalue weighted by Gasteiger charge is 2.38. The maximum Gasteiger partial charge on any atom is 0.355 e. The van der Waals surface area contributed by atoms with Crippen molar-refractivity contribution in [3.8, 4) is 0 Å². The molecule has 0 radical (unpaired) electrons. The van der Waals surface area contributed by atoms with E-state index in [2.05, 4.69) is 0 Å². The van der Waals surface area contributed by atoms with E-state index >= 15 is 0 Å². The van der Waals surface area contributed by atoms with Gasteiger partial charge < -0.3 is 19.1 Å². The molecule has 1 saturated heterocycles. The van der Waals surface area contributed by atoms with Crippen LogP contribution in [0, 0.1) is 5.82 Å². The molecule has 0 saturated carbocycles. The second kappa shape index (κ2) is 7.02. The van der Waals surface area contributed by atoms with Crippen molar-refractivity contribution in [2.75, 3.05) is 18.6 Å². The lowest BCUT2D eigenvalue weighted by atomic mass is 9.97. The normalized spacial score (nSPS) is 22.2. The van der Waals surface area contributed by atoms with Gasteiger partial charge in [-0.1, -0.05) is 0 Å². The number of esters is 1. The number of allylic oxidation sites excluding steroid dienone is 3. The van der Waals surface area contributed by atoms with E-state index in [0.29, 0.717) is 35.5 Å². The number of methoxy groups -OCH3 is 1. The molecule has 3 aliphatic heterocycles. The third kappa shape index (κ3) is 3.05. The van der Waals surface area contributed by atoms with Gasteiger partial charge in [-0.2, -0.15) is 0 Å². The molecular weight excluding hydrogens is 353 g/mol. The fraction of sp³-hybridized carbons (Fsp3) is 0.350. The number of hydrogen-bond acceptors (Lipinski definition) is 6. The Morgan fingerprint density at radius 1 is 1.41 bits per heavy atom. The first-order chi connectivity index (χ1) is 13.1. The van der Waals surface area contributed by atoms with Gasteiger partial charge in [0.1, 0.15) is 23.7 Å². The quantitative estimate of drug-likeness (QED) is 0.463. The second-order valence-corrected chi connectivity index (χ2v) is 6.55. The van der Waals surface area contributed by atoms with Gasteiger partial charge in [0.25, 0.3) is 0 Å². The molecule has 0 N–H and O–H groups in total. The van der Waals surface area contributed by atoms with Crippen molar-refractivity contribution in [3.05, 3.63) is 52.8 Å². The van der Waals surface area contributed by atoms with Crippen LogP contribution in [0.15, 0.2) is 35.9 Å². The highest BCUT2D eigenvalue weighted by molar-refractivity contribution is 6.09. The average Bonchev–Trinajstić information content (AvgIpc) is 3.05. The van der Waals surface area contributed by atoms with E-state index in [9.17, 15) is 14.0 Å². The van der Waals surface area contributed by atoms with E-state index in [1.807, 2.05) is 0 Å². The minimum absolute atomic E-state index is 0.111. The number of rotatable bonds is 3. The molecule has 27 heavy (non-hydrogen) atoms. The Kier molecular flexibility index (Phi) is 4.56. The largest absolute Gasteiger partial charge is 0.471 e. The molecule has 0 aromatic heterocycles. The molecule has 1 aromatic rings. The highest BCUT2D eigenvalue weighted by Crippen LogP contribution is 2.46. The van der Waals surface area contributed by atoms with E-state index in [1.54, 1.807) is 17.1 Å². The maximum atomic E-state index is 14.1. The van der Waals surface area contributed by atoms with Gasteiger partial charge >= 0.3 is 5.97 Å². The van der Waals surface area contributed by atoms with Crippen LogP contribution in [-0.2, 0) is 30.2 Å². The van der Waals surface area contributed by atoms with Crippen molar-refractivity contribution in [2.45, 2.75) is 32.0 Å². The molecule has 1 atom stereocenters. The molecule has 7 heteroatoms. The molecule has 3 aliphatic rings. The van der Waals surface area contributed by atoms with Crippen LogP contribution in [0.3, 0.4) is 0 Å². The number of nitrogens with zero attached hydrogens (tertiary/aromatic N) is 1. The van der Waals surface area contributed by atoms with Crippen LogP contribution >= 0.6 is 0 Å². The fourth-order valence-electron chi connectivity index (χ4n) is 3.64. The Morgan fingerprint density at radius 2 is 2.26 bits per heavy atom. The molecule has 0 bridgehead atoms. The summed E-state index contributed by atoms with van der Waals surface area (Å²) in [6.07, 6.45) is 5.74. The van der Waals surface area contributed by atoms with E-state index < -0.39 is 11.8 Å². The molecular formula is C20H18FNO5. The number of anilines is 1. The molecule has 3 heterocycles. The summed E-state index contributed by atoms with van der Waals surface area (Å²) in [4.78, 5) is 25.3. The Morgan fingerprint density at radius 3 is 2.96 bits per heavy atom. The molecule has 0 aliphatic carbocycles. The minimum atomic E-state index is -0.606. The van der Waals surface area contributed by atoms with Crippen LogP contribution < -0.4 is 4.90 Å². The van der Waals surface area contributed by atoms with Crippen molar-refractivity contribution >= 4 is 23.2 Å². The predicted molar refractivity (Wildman–Crippen MR) is 94.5 cm³/mol. The molecule has 4 rings (SSSR count). The zero-order chi connectivity index (χ0) is 19.0. The summed E-state index contributed by atoms with van der Waals surface area (Å²) in [5, 5.41) is 0. The first kappa shape index (κ1) is 17.5. The van der Waals surface area contributed by atoms with Crippen molar-refractivity contribution in [3.63, 3.8) is 0 Å². The van der Waals surface area contributed by atoms with Crippen molar-refractivity contribution < 1.29 is 28.2 Å². The zero-order valence-electron chi connectivity index (χ0n) is 14.8. The van der Waals surface area contributed by atoms with Gasteiger partial charge in [-0.25, -0.2) is 14.0 Å². The summed E-state index contributed by atoms with van der Waals surface area (Å²) in [5.41, 5.74) is 2.55. The van der Waals surface area contributed by atoms with Gasteiger partial charge in [-0.05, 0) is 36.6 Å². The molecule has 0 amide bonds. The molecule has 6 nitrogen and oxygen atoms in total. The van der Waals surface area contributed by atoms with Crippen LogP contribution in [0.25, 0.3) is 5.57 Å². The van der Waals surface area contributed by atoms with E-state index in [-0.39, 0.29) is 17.6 Å². The average molecular weight is 371 g/mol. The molecule has 0 spiro atoms. The van der Waals surface area contributed by atoms with Crippen LogP contribution in [0.2, 0.25) is 0 Å². The van der Waals surface area contributed by atoms with Crippen LogP contribution in [0.1, 0.15) is 30.4 Å². The summed E-state index contributed by atoms with van der Waals surface area (Å²) < 4.78 is 30.2. The zero-order valence-corrected chi connectivity index (χ0v) is 14.8. The molecule has 1 fully saturated rings. The summed E-state index contributed by atoms with van der Waals surface area (Å²) in [6.45, 7) is 0.647. The summed E-state index contributed by atoms with van der Waals surface area (Å²) >= 11 is 0. The minimum Gasteiger partial charge on any atom is -0.471 e. The smallest absolute Gasteiger partial charge is 0.355 e. The standard InChI is InChI=1S/C20H18FNO5/c1-25-20(24)17-8-13(10-23)16-9-14(21)6-12-7-15(22(17)19(12)16)11-27-18-4-2-3-5-26-18/h6,8-9,11,18H,2-5,7H2,1H3. The van der Waals surface area contributed by atoms with E-state index in [0.717, 1.165) is 19.3 Å². The first-order valence-electron chi connectivity index (χ1n) is 8.76. The van der Waals surface area contributed by atoms with Gasteiger partial charge in [0, 0.05) is 18.4 Å². The number of carbonyl (C=O) groups is 1. The number of carbonyl (C=O) groups excluding carboxylic acids is 2. The molecule has 140 valence electrons. The third-order valence-electron chi connectivity index (χ3n) is 4.85. The Bertz CT molecular complexity index is 907. The summed E-state index contributed by atoms with van der Waals surface area (Å²) in [7, 11) is 1.26. The van der Waals surface area contributed by atoms with Crippen LogP contribution in [-0.4, -0.2) is 31.9 Å². The predicted octanol–water partition coefficient (Wildman–Crippen LogP) is 2.86. The van der Waals surface area contributed by atoms with Crippen molar-refractivity contribution in [1.82, 2.24) is 0 Å². The lowest BCUT2D eigenvalue weighted by Gasteiger charge is -2.29. The highest BCUT2D eigenvalue weighted by atomic mass is 19.1. The number of hydrogen-bond donors (Lipinski definition) is 0. The Hall–Kier alpha value is -2.89. The Balaban J connectivity index is 1.77. The lowest BCUT2D eigenvalue weighted by Crippen LogP contribution is -2.29. The monoisotopic (exact) mass is 371 g/mol. The van der Waals surface area contributed by atoms with Crippen LogP contribution in [0.4, 0.5) is 10.1 Å². The molecule has 1 unspecified atom stereocenters. The number of benzene rings is 1. The van der Waals surface area contributed by atoms with Crippen molar-refractivity contribution in [1.29, 1.82) is 0 Å². The third-order valence-corrected chi connectivity index (χ3v) is 4.85. The van der Waals surface area contributed by atoms with Gasteiger partial charge in [0.2, 0.25) is 0 Å². The first-order valence-corrected chi connectivity index (χ1v) is 8.76. The van der Waals surface area contributed by atoms with Crippen molar-refractivity contribution in [2.24, 2.45) is 0 Å². The van der Waals surface area contributed by atoms with Gasteiger partial charge in [0.05, 0.1) is 30.7 Å². The number of halogens is 1. The SMILES string of the molecule is COC(=O)C1=CC(=C=O)c2cc(F)cc3c2N1C(=COC1CCCCO1)C3. The second-order valence-electron chi connectivity index (χ2n) is 6.55. The lowest BCUT2D eigenvalue weighted by molar-refractivity contribution is -0.136. The fourth-order valence-corrected chi connectivity index (χ4v) is 3.64. The van der Waals surface area contributed by atoms with Crippen LogP contribution in [0.5, 0.6) is 0 Å². The summed E-state index contributed by atoms with van der Waals surface area (Å²) in [5.74, 6) is 0.728. The van der Waals surface area contributed by atoms with Gasteiger partial charge in [-0.3, -0.25) is 0 Å². The topological polar surface area (TPSA) is 65.1 Å². The van der Waals surface area contributed by atoms with Gasteiger partial charge in [0.15, 0.2) is 6.29 Å². The Labute approximate surface area is 155 Å².